The molecule has 1 nitrogen and oxygen atoms in total. The summed E-state index contributed by atoms with van der Waals surface area (Å²) in [7, 11) is 0. The van der Waals surface area contributed by atoms with E-state index in [1.54, 1.807) is 6.92 Å². The van der Waals surface area contributed by atoms with Crippen LogP contribution in [0.4, 0.5) is 0 Å². The van der Waals surface area contributed by atoms with Gasteiger partial charge in [0.05, 0.1) is 6.61 Å². The Labute approximate surface area is 61.8 Å². The zero-order valence-corrected chi connectivity index (χ0v) is 6.77. The molecule has 0 aliphatic rings. The predicted molar refractivity (Wildman–Crippen MR) is 41.8 cm³/mol. The summed E-state index contributed by atoms with van der Waals surface area (Å²) in [4.78, 5) is 0. The van der Waals surface area contributed by atoms with Crippen LogP contribution in [0, 0.1) is 0 Å². The Morgan fingerprint density at radius 2 is 2.12 bits per heavy atom. The fraction of sp³-hybridized carbons (Fsp3) is 0.800. The summed E-state index contributed by atoms with van der Waals surface area (Å²) in [5.41, 5.74) is 0. The lowest BCUT2D eigenvalue weighted by atomic mass is 10.5. The molecule has 0 saturated carbocycles. The molecule has 0 atom stereocenters. The highest BCUT2D eigenvalue weighted by atomic mass is 35.5. The molecule has 0 N–H and O–H groups in total. The summed E-state index contributed by atoms with van der Waals surface area (Å²) in [6, 6.07) is 0. The van der Waals surface area contributed by atoms with Crippen molar-refractivity contribution in [3.05, 3.63) is 0 Å². The van der Waals surface area contributed by atoms with Gasteiger partial charge in [-0.25, -0.2) is 0 Å². The van der Waals surface area contributed by atoms with E-state index >= 15 is 0 Å². The van der Waals surface area contributed by atoms with Crippen molar-refractivity contribution < 1.29 is 4.74 Å². The molecule has 0 rings (SSSR count). The second kappa shape index (κ2) is 7.18. The Bertz CT molecular complexity index is 65.4. The second-order valence-corrected chi connectivity index (χ2v) is 1.91. The SMILES string of the molecule is CCCOC(C)=S.Cl. The van der Waals surface area contributed by atoms with Crippen LogP contribution in [0.1, 0.15) is 20.3 Å². The smallest absolute Gasteiger partial charge is 0.156 e. The Balaban J connectivity index is 0. The van der Waals surface area contributed by atoms with E-state index in [0.717, 1.165) is 13.0 Å². The van der Waals surface area contributed by atoms with Crippen molar-refractivity contribution in [3.63, 3.8) is 0 Å². The fourth-order valence-corrected chi connectivity index (χ4v) is 0.329. The van der Waals surface area contributed by atoms with Crippen molar-refractivity contribution >= 4 is 29.7 Å². The topological polar surface area (TPSA) is 9.23 Å². The molecule has 0 radical (unpaired) electrons. The molecule has 0 unspecified atom stereocenters. The molecular weight excluding hydrogens is 144 g/mol. The summed E-state index contributed by atoms with van der Waals surface area (Å²) in [6.45, 7) is 4.60. The van der Waals surface area contributed by atoms with E-state index in [9.17, 15) is 0 Å². The molecule has 0 fully saturated rings. The van der Waals surface area contributed by atoms with E-state index in [1.807, 2.05) is 0 Å². The lowest BCUT2D eigenvalue weighted by Crippen LogP contribution is -1.95. The van der Waals surface area contributed by atoms with Crippen LogP contribution in [0.2, 0.25) is 0 Å². The normalized spacial score (nSPS) is 7.25. The van der Waals surface area contributed by atoms with Crippen LogP contribution >= 0.6 is 24.6 Å². The van der Waals surface area contributed by atoms with Crippen LogP contribution in [0.15, 0.2) is 0 Å². The van der Waals surface area contributed by atoms with E-state index in [-0.39, 0.29) is 12.4 Å². The van der Waals surface area contributed by atoms with Gasteiger partial charge < -0.3 is 4.74 Å². The van der Waals surface area contributed by atoms with Crippen LogP contribution in [0.3, 0.4) is 0 Å². The van der Waals surface area contributed by atoms with Crippen LogP contribution in [0.25, 0.3) is 0 Å². The molecule has 50 valence electrons. The number of halogens is 1. The van der Waals surface area contributed by atoms with E-state index in [2.05, 4.69) is 19.1 Å². The van der Waals surface area contributed by atoms with E-state index in [4.69, 9.17) is 4.74 Å². The van der Waals surface area contributed by atoms with Crippen molar-refractivity contribution in [3.8, 4) is 0 Å². The molecular formula is C5H11ClOS. The zero-order valence-electron chi connectivity index (χ0n) is 5.14. The molecule has 0 heterocycles. The van der Waals surface area contributed by atoms with Crippen molar-refractivity contribution in [1.82, 2.24) is 0 Å². The lowest BCUT2D eigenvalue weighted by Gasteiger charge is -1.97. The zero-order chi connectivity index (χ0) is 5.70. The average Bonchev–Trinajstić information content (AvgIpc) is 1.61. The first kappa shape index (κ1) is 11.0. The van der Waals surface area contributed by atoms with E-state index < -0.39 is 0 Å². The maximum Gasteiger partial charge on any atom is 0.156 e. The third-order valence-corrected chi connectivity index (χ3v) is 0.627. The highest BCUT2D eigenvalue weighted by Crippen LogP contribution is 1.81. The van der Waals surface area contributed by atoms with Gasteiger partial charge in [0.15, 0.2) is 5.05 Å². The summed E-state index contributed by atoms with van der Waals surface area (Å²) in [5.74, 6) is 0. The van der Waals surface area contributed by atoms with E-state index in [0.29, 0.717) is 5.05 Å². The lowest BCUT2D eigenvalue weighted by molar-refractivity contribution is 0.310. The summed E-state index contributed by atoms with van der Waals surface area (Å²) in [6.07, 6.45) is 1.04. The molecule has 0 spiro atoms. The monoisotopic (exact) mass is 154 g/mol. The Morgan fingerprint density at radius 1 is 1.62 bits per heavy atom. The minimum Gasteiger partial charge on any atom is -0.487 e. The maximum atomic E-state index is 4.92. The van der Waals surface area contributed by atoms with E-state index in [1.165, 1.54) is 0 Å². The first-order chi connectivity index (χ1) is 3.27. The molecule has 0 aliphatic heterocycles. The van der Waals surface area contributed by atoms with Crippen molar-refractivity contribution in [2.24, 2.45) is 0 Å². The second-order valence-electron chi connectivity index (χ2n) is 1.34. The van der Waals surface area contributed by atoms with Gasteiger partial charge in [0.25, 0.3) is 0 Å². The Hall–Kier alpha value is 0.180. The minimum atomic E-state index is 0. The molecule has 0 aromatic carbocycles. The van der Waals surface area contributed by atoms with Crippen molar-refractivity contribution in [1.29, 1.82) is 0 Å². The molecule has 3 heteroatoms. The first-order valence-electron chi connectivity index (χ1n) is 2.40. The largest absolute Gasteiger partial charge is 0.487 e. The number of rotatable bonds is 2. The van der Waals surface area contributed by atoms with Crippen LogP contribution in [-0.4, -0.2) is 11.7 Å². The van der Waals surface area contributed by atoms with Gasteiger partial charge in [-0.1, -0.05) is 6.92 Å². The highest BCUT2D eigenvalue weighted by molar-refractivity contribution is 7.80. The van der Waals surface area contributed by atoms with Gasteiger partial charge in [0.2, 0.25) is 0 Å². The molecule has 8 heavy (non-hydrogen) atoms. The van der Waals surface area contributed by atoms with Gasteiger partial charge in [-0.2, -0.15) is 0 Å². The average molecular weight is 155 g/mol. The molecule has 0 saturated heterocycles. The van der Waals surface area contributed by atoms with Gasteiger partial charge in [-0.05, 0) is 18.6 Å². The highest BCUT2D eigenvalue weighted by Gasteiger charge is 1.81. The van der Waals surface area contributed by atoms with Gasteiger partial charge in [0.1, 0.15) is 0 Å². The van der Waals surface area contributed by atoms with Gasteiger partial charge in [-0.15, -0.1) is 12.4 Å². The van der Waals surface area contributed by atoms with Gasteiger partial charge >= 0.3 is 0 Å². The summed E-state index contributed by atoms with van der Waals surface area (Å²) < 4.78 is 4.92. The standard InChI is InChI=1S/C5H10OS.ClH/c1-3-4-6-5(2)7;/h3-4H2,1-2H3;1H. The van der Waals surface area contributed by atoms with Gasteiger partial charge in [0, 0.05) is 6.92 Å². The number of ether oxygens (including phenoxy) is 1. The van der Waals surface area contributed by atoms with Gasteiger partial charge in [-0.3, -0.25) is 0 Å². The third kappa shape index (κ3) is 9.49. The van der Waals surface area contributed by atoms with Crippen LogP contribution < -0.4 is 0 Å². The Kier molecular flexibility index (Phi) is 9.91. The predicted octanol–water partition coefficient (Wildman–Crippen LogP) is 2.18. The number of thiocarbonyl (C=S) groups is 1. The summed E-state index contributed by atoms with van der Waals surface area (Å²) in [5, 5.41) is 0.641. The molecule has 0 aliphatic carbocycles. The fourth-order valence-electron chi connectivity index (χ4n) is 0.246. The quantitative estimate of drug-likeness (QED) is 0.564. The molecule has 0 bridgehead atoms. The number of hydrogen-bond donors (Lipinski definition) is 0. The molecule has 0 amide bonds. The minimum absolute atomic E-state index is 0. The van der Waals surface area contributed by atoms with Crippen LogP contribution in [-0.2, 0) is 4.74 Å². The summed E-state index contributed by atoms with van der Waals surface area (Å²) >= 11 is 4.64. The Morgan fingerprint density at radius 3 is 2.25 bits per heavy atom. The third-order valence-electron chi connectivity index (χ3n) is 0.509. The number of hydrogen-bond acceptors (Lipinski definition) is 2. The van der Waals surface area contributed by atoms with Crippen LogP contribution in [0.5, 0.6) is 0 Å². The van der Waals surface area contributed by atoms with Crippen molar-refractivity contribution in [2.45, 2.75) is 20.3 Å². The first-order valence-corrected chi connectivity index (χ1v) is 2.81. The molecule has 0 aromatic rings. The van der Waals surface area contributed by atoms with Crippen molar-refractivity contribution in [2.75, 3.05) is 6.61 Å². The maximum absolute atomic E-state index is 4.92. The molecule has 0 aromatic heterocycles.